The van der Waals surface area contributed by atoms with Crippen LogP contribution in [-0.2, 0) is 9.59 Å². The molecule has 4 N–H and O–H groups in total. The van der Waals surface area contributed by atoms with Gasteiger partial charge in [-0.1, -0.05) is 13.8 Å². The molecule has 6 heteroatoms. The van der Waals surface area contributed by atoms with Crippen LogP contribution in [0.4, 0.5) is 0 Å². The highest BCUT2D eigenvalue weighted by atomic mass is 16.2. The van der Waals surface area contributed by atoms with Crippen LogP contribution in [-0.4, -0.2) is 60.9 Å². The quantitative estimate of drug-likeness (QED) is 0.693. The first kappa shape index (κ1) is 17.9. The summed E-state index contributed by atoms with van der Waals surface area (Å²) in [5.41, 5.74) is 11.0. The van der Waals surface area contributed by atoms with Crippen molar-refractivity contribution in [2.45, 2.75) is 33.1 Å². The molecular formula is C15H30N4O2. The van der Waals surface area contributed by atoms with E-state index in [4.69, 9.17) is 11.5 Å². The Morgan fingerprint density at radius 3 is 2.43 bits per heavy atom. The van der Waals surface area contributed by atoms with E-state index in [0.717, 1.165) is 25.9 Å². The summed E-state index contributed by atoms with van der Waals surface area (Å²) >= 11 is 0. The number of primary amides is 1. The van der Waals surface area contributed by atoms with Crippen LogP contribution in [0.15, 0.2) is 0 Å². The van der Waals surface area contributed by atoms with Gasteiger partial charge in [-0.2, -0.15) is 0 Å². The van der Waals surface area contributed by atoms with Gasteiger partial charge in [-0.3, -0.25) is 14.5 Å². The van der Waals surface area contributed by atoms with Crippen molar-refractivity contribution in [1.82, 2.24) is 9.80 Å². The molecule has 1 aliphatic heterocycles. The molecule has 1 rings (SSSR count). The van der Waals surface area contributed by atoms with Crippen LogP contribution in [0, 0.1) is 11.8 Å². The van der Waals surface area contributed by atoms with Gasteiger partial charge in [0.15, 0.2) is 0 Å². The first-order valence-corrected chi connectivity index (χ1v) is 7.90. The fourth-order valence-electron chi connectivity index (χ4n) is 2.90. The Balaban J connectivity index is 2.45. The fourth-order valence-corrected chi connectivity index (χ4v) is 2.90. The standard InChI is InChI=1S/C15H30N4O2/c1-12(2)8-13(10-16)9-15(21)19-5-3-4-18(6-7-19)11-14(17)20/h12-13H,3-11,16H2,1-2H3,(H2,17,20)/t13-/m0/s1. The number of nitrogens with zero attached hydrogens (tertiary/aromatic N) is 2. The lowest BCUT2D eigenvalue weighted by Gasteiger charge is -2.24. The molecule has 122 valence electrons. The number of hydrogen-bond acceptors (Lipinski definition) is 4. The zero-order valence-corrected chi connectivity index (χ0v) is 13.4. The Hall–Kier alpha value is -1.14. The van der Waals surface area contributed by atoms with Crippen molar-refractivity contribution >= 4 is 11.8 Å². The van der Waals surface area contributed by atoms with E-state index in [1.165, 1.54) is 0 Å². The third kappa shape index (κ3) is 6.91. The summed E-state index contributed by atoms with van der Waals surface area (Å²) in [5, 5.41) is 0. The minimum Gasteiger partial charge on any atom is -0.369 e. The fraction of sp³-hybridized carbons (Fsp3) is 0.867. The van der Waals surface area contributed by atoms with Crippen molar-refractivity contribution in [2.24, 2.45) is 23.3 Å². The smallest absolute Gasteiger partial charge is 0.231 e. The Labute approximate surface area is 127 Å². The third-order valence-electron chi connectivity index (χ3n) is 3.92. The molecule has 0 aromatic carbocycles. The van der Waals surface area contributed by atoms with E-state index in [1.807, 2.05) is 9.80 Å². The van der Waals surface area contributed by atoms with Gasteiger partial charge in [0.1, 0.15) is 0 Å². The van der Waals surface area contributed by atoms with Crippen molar-refractivity contribution in [1.29, 1.82) is 0 Å². The first-order valence-electron chi connectivity index (χ1n) is 7.90. The maximum Gasteiger partial charge on any atom is 0.231 e. The lowest BCUT2D eigenvalue weighted by atomic mass is 9.94. The lowest BCUT2D eigenvalue weighted by Crippen LogP contribution is -2.39. The Morgan fingerprint density at radius 2 is 1.86 bits per heavy atom. The van der Waals surface area contributed by atoms with E-state index in [0.29, 0.717) is 32.0 Å². The van der Waals surface area contributed by atoms with Gasteiger partial charge in [0.05, 0.1) is 6.54 Å². The van der Waals surface area contributed by atoms with Gasteiger partial charge >= 0.3 is 0 Å². The lowest BCUT2D eigenvalue weighted by molar-refractivity contribution is -0.132. The number of rotatable bonds is 7. The molecule has 0 bridgehead atoms. The van der Waals surface area contributed by atoms with E-state index in [9.17, 15) is 9.59 Å². The van der Waals surface area contributed by atoms with E-state index < -0.39 is 0 Å². The predicted octanol–water partition coefficient (Wildman–Crippen LogP) is 0.0171. The largest absolute Gasteiger partial charge is 0.369 e. The molecule has 1 atom stereocenters. The maximum absolute atomic E-state index is 12.4. The predicted molar refractivity (Wildman–Crippen MR) is 83.4 cm³/mol. The van der Waals surface area contributed by atoms with Crippen molar-refractivity contribution in [3.8, 4) is 0 Å². The van der Waals surface area contributed by atoms with Gasteiger partial charge in [0.2, 0.25) is 11.8 Å². The highest BCUT2D eigenvalue weighted by molar-refractivity contribution is 5.77. The summed E-state index contributed by atoms with van der Waals surface area (Å²) < 4.78 is 0. The van der Waals surface area contributed by atoms with Crippen molar-refractivity contribution in [3.63, 3.8) is 0 Å². The van der Waals surface area contributed by atoms with Crippen molar-refractivity contribution < 1.29 is 9.59 Å². The van der Waals surface area contributed by atoms with Gasteiger partial charge < -0.3 is 16.4 Å². The van der Waals surface area contributed by atoms with Crippen LogP contribution in [0.25, 0.3) is 0 Å². The van der Waals surface area contributed by atoms with Gasteiger partial charge in [0.25, 0.3) is 0 Å². The van der Waals surface area contributed by atoms with Crippen molar-refractivity contribution in [2.75, 3.05) is 39.3 Å². The molecule has 21 heavy (non-hydrogen) atoms. The molecular weight excluding hydrogens is 268 g/mol. The molecule has 1 fully saturated rings. The second-order valence-electron chi connectivity index (χ2n) is 6.41. The third-order valence-corrected chi connectivity index (χ3v) is 3.92. The zero-order valence-electron chi connectivity index (χ0n) is 13.4. The van der Waals surface area contributed by atoms with Crippen LogP contribution in [0.5, 0.6) is 0 Å². The van der Waals surface area contributed by atoms with Crippen LogP contribution in [0.1, 0.15) is 33.1 Å². The Kier molecular flexibility index (Phi) is 7.67. The van der Waals surface area contributed by atoms with E-state index in [2.05, 4.69) is 13.8 Å². The Morgan fingerprint density at radius 1 is 1.14 bits per heavy atom. The molecule has 0 spiro atoms. The van der Waals surface area contributed by atoms with Gasteiger partial charge in [0, 0.05) is 32.6 Å². The number of carbonyl (C=O) groups excluding carboxylic acids is 2. The summed E-state index contributed by atoms with van der Waals surface area (Å²) in [6.07, 6.45) is 2.41. The first-order chi connectivity index (χ1) is 9.92. The number of nitrogens with two attached hydrogens (primary N) is 2. The highest BCUT2D eigenvalue weighted by Gasteiger charge is 2.22. The average Bonchev–Trinajstić information content (AvgIpc) is 2.62. The minimum atomic E-state index is -0.310. The van der Waals surface area contributed by atoms with Crippen LogP contribution < -0.4 is 11.5 Å². The van der Waals surface area contributed by atoms with Crippen LogP contribution >= 0.6 is 0 Å². The highest BCUT2D eigenvalue weighted by Crippen LogP contribution is 2.16. The van der Waals surface area contributed by atoms with E-state index >= 15 is 0 Å². The molecule has 0 aromatic rings. The van der Waals surface area contributed by atoms with Gasteiger partial charge in [-0.05, 0) is 31.2 Å². The summed E-state index contributed by atoms with van der Waals surface area (Å²) in [6, 6.07) is 0. The Bertz CT molecular complexity index is 347. The average molecular weight is 298 g/mol. The minimum absolute atomic E-state index is 0.187. The molecule has 0 unspecified atom stereocenters. The number of amides is 2. The SMILES string of the molecule is CC(C)C[C@H](CN)CC(=O)N1CCCN(CC(N)=O)CC1. The summed E-state index contributed by atoms with van der Waals surface area (Å²) in [6.45, 7) is 8.11. The van der Waals surface area contributed by atoms with Crippen LogP contribution in [0.2, 0.25) is 0 Å². The molecule has 0 aromatic heterocycles. The van der Waals surface area contributed by atoms with Gasteiger partial charge in [-0.25, -0.2) is 0 Å². The molecule has 1 aliphatic rings. The summed E-state index contributed by atoms with van der Waals surface area (Å²) in [5.74, 6) is 0.700. The molecule has 0 radical (unpaired) electrons. The van der Waals surface area contributed by atoms with E-state index in [-0.39, 0.29) is 24.3 Å². The van der Waals surface area contributed by atoms with E-state index in [1.54, 1.807) is 0 Å². The summed E-state index contributed by atoms with van der Waals surface area (Å²) in [7, 11) is 0. The molecule has 6 nitrogen and oxygen atoms in total. The van der Waals surface area contributed by atoms with Crippen molar-refractivity contribution in [3.05, 3.63) is 0 Å². The van der Waals surface area contributed by atoms with Crippen LogP contribution in [0.3, 0.4) is 0 Å². The number of hydrogen-bond donors (Lipinski definition) is 2. The zero-order chi connectivity index (χ0) is 15.8. The molecule has 0 saturated carbocycles. The molecule has 1 saturated heterocycles. The monoisotopic (exact) mass is 298 g/mol. The second kappa shape index (κ2) is 9.00. The maximum atomic E-state index is 12.4. The topological polar surface area (TPSA) is 92.7 Å². The summed E-state index contributed by atoms with van der Waals surface area (Å²) in [4.78, 5) is 27.3. The van der Waals surface area contributed by atoms with Gasteiger partial charge in [-0.15, -0.1) is 0 Å². The normalized spacial score (nSPS) is 18.6. The second-order valence-corrected chi connectivity index (χ2v) is 6.41. The molecule has 0 aliphatic carbocycles. The molecule has 2 amide bonds. The number of carbonyl (C=O) groups is 2. The molecule has 1 heterocycles.